The molecule has 2 nitrogen and oxygen atoms in total. The van der Waals surface area contributed by atoms with Crippen molar-refractivity contribution in [1.82, 2.24) is 0 Å². The van der Waals surface area contributed by atoms with Crippen LogP contribution >= 0.6 is 0 Å². The summed E-state index contributed by atoms with van der Waals surface area (Å²) in [5.41, 5.74) is 1.38. The summed E-state index contributed by atoms with van der Waals surface area (Å²) in [4.78, 5) is 11.8. The first-order valence-corrected chi connectivity index (χ1v) is 12.9. The number of hydrogen-bond acceptors (Lipinski definition) is 1. The van der Waals surface area contributed by atoms with Gasteiger partial charge in [0.2, 0.25) is 0 Å². The molecule has 1 aromatic rings. The quantitative estimate of drug-likeness (QED) is 0.274. The van der Waals surface area contributed by atoms with E-state index in [1.54, 1.807) is 0 Å². The number of carboxylic acids is 1. The van der Waals surface area contributed by atoms with Gasteiger partial charge in [0.1, 0.15) is 0 Å². The van der Waals surface area contributed by atoms with E-state index in [4.69, 9.17) is 0 Å². The Morgan fingerprint density at radius 1 is 0.960 bits per heavy atom. The van der Waals surface area contributed by atoms with E-state index in [1.807, 2.05) is 30.3 Å². The Balaban J connectivity index is 3.07. The monoisotopic (exact) mass is 450 g/mol. The molecular formula is C22H34O2Sn. The minimum absolute atomic E-state index is 0.431. The van der Waals surface area contributed by atoms with Crippen molar-refractivity contribution in [3.8, 4) is 0 Å². The van der Waals surface area contributed by atoms with Gasteiger partial charge in [-0.25, -0.2) is 0 Å². The summed E-state index contributed by atoms with van der Waals surface area (Å²) in [7, 11) is 0. The van der Waals surface area contributed by atoms with Gasteiger partial charge < -0.3 is 0 Å². The maximum absolute atomic E-state index is 11.8. The van der Waals surface area contributed by atoms with Crippen molar-refractivity contribution >= 4 is 32.7 Å². The average Bonchev–Trinajstić information content (AvgIpc) is 2.63. The molecule has 138 valence electrons. The zero-order valence-corrected chi connectivity index (χ0v) is 19.0. The molecule has 0 saturated carbocycles. The third-order valence-corrected chi connectivity index (χ3v) is 9.99. The molecule has 0 aliphatic carbocycles. The van der Waals surface area contributed by atoms with Crippen LogP contribution in [0.1, 0.15) is 84.1 Å². The molecule has 0 heterocycles. The van der Waals surface area contributed by atoms with E-state index in [-0.39, 0.29) is 0 Å². The maximum atomic E-state index is 11.8. The molecule has 1 rings (SSSR count). The number of aliphatic carboxylic acids is 1. The fraction of sp³-hybridized carbons (Fsp3) is 0.591. The van der Waals surface area contributed by atoms with Crippen LogP contribution in [0.25, 0.3) is 5.57 Å². The molecule has 0 amide bonds. The summed E-state index contributed by atoms with van der Waals surface area (Å²) in [5, 5.41) is 9.71. The van der Waals surface area contributed by atoms with Gasteiger partial charge in [0, 0.05) is 0 Å². The van der Waals surface area contributed by atoms with Crippen LogP contribution in [0.4, 0.5) is 0 Å². The predicted molar refractivity (Wildman–Crippen MR) is 109 cm³/mol. The first-order chi connectivity index (χ1) is 12.1. The number of unbranched alkanes of at least 4 members (excludes halogenated alkanes) is 3. The van der Waals surface area contributed by atoms with Crippen LogP contribution in [-0.4, -0.2) is 32.2 Å². The molecule has 0 atom stereocenters. The van der Waals surface area contributed by atoms with Crippen molar-refractivity contribution in [3.05, 3.63) is 40.0 Å². The Kier molecular flexibility index (Phi) is 11.2. The molecule has 1 aromatic carbocycles. The SMILES string of the molecule is CCCC[C](CCCC)(CCCC)[Sn][CH]=C(C(=O)O)c1ccccc1. The number of carboxylic acid groups (broad SMARTS) is 1. The molecule has 2 radical (unpaired) electrons. The Morgan fingerprint density at radius 3 is 1.84 bits per heavy atom. The van der Waals surface area contributed by atoms with E-state index in [9.17, 15) is 9.90 Å². The standard InChI is InChI=1S/C13H27.C9H7O2.Sn/c1-4-7-10-13(11-8-5-2)12-9-6-3;1-7(9(10)11)8-5-3-2-4-6-8;/h4-12H2,1-3H3;1-6H,(H,10,11);. The number of benzene rings is 1. The van der Waals surface area contributed by atoms with E-state index < -0.39 is 27.1 Å². The van der Waals surface area contributed by atoms with E-state index in [0.29, 0.717) is 9.00 Å². The van der Waals surface area contributed by atoms with Gasteiger partial charge in [-0.3, -0.25) is 0 Å². The van der Waals surface area contributed by atoms with E-state index in [2.05, 4.69) is 24.9 Å². The number of carbonyl (C=O) groups is 1. The molecule has 0 aliphatic heterocycles. The molecule has 0 unspecified atom stereocenters. The summed E-state index contributed by atoms with van der Waals surface area (Å²) in [5.74, 6) is -0.775. The van der Waals surface area contributed by atoms with Gasteiger partial charge in [-0.2, -0.15) is 0 Å². The van der Waals surface area contributed by atoms with Gasteiger partial charge in [0.15, 0.2) is 0 Å². The van der Waals surface area contributed by atoms with E-state index in [0.717, 1.165) is 5.56 Å². The van der Waals surface area contributed by atoms with E-state index in [1.165, 1.54) is 57.8 Å². The number of hydrogen-bond donors (Lipinski definition) is 1. The molecule has 25 heavy (non-hydrogen) atoms. The van der Waals surface area contributed by atoms with Gasteiger partial charge in [0.25, 0.3) is 0 Å². The summed E-state index contributed by atoms with van der Waals surface area (Å²) < 4.78 is 2.60. The normalized spacial score (nSPS) is 12.4. The molecule has 0 aromatic heterocycles. The average molecular weight is 449 g/mol. The minimum atomic E-state index is -0.955. The van der Waals surface area contributed by atoms with Crippen molar-refractivity contribution in [2.75, 3.05) is 0 Å². The Morgan fingerprint density at radius 2 is 1.44 bits per heavy atom. The zero-order valence-electron chi connectivity index (χ0n) is 16.2. The van der Waals surface area contributed by atoms with Crippen LogP contribution in [0, 0.1) is 0 Å². The van der Waals surface area contributed by atoms with Crippen molar-refractivity contribution < 1.29 is 9.90 Å². The summed E-state index contributed by atoms with van der Waals surface area (Å²) in [6.45, 7) is 6.79. The molecule has 0 bridgehead atoms. The van der Waals surface area contributed by atoms with Gasteiger partial charge >= 0.3 is 165 Å². The fourth-order valence-corrected chi connectivity index (χ4v) is 8.11. The summed E-state index contributed by atoms with van der Waals surface area (Å²) in [6, 6.07) is 9.64. The fourth-order valence-electron chi connectivity index (χ4n) is 3.25. The van der Waals surface area contributed by atoms with Crippen molar-refractivity contribution in [2.24, 2.45) is 0 Å². The Labute approximate surface area is 164 Å². The molecule has 0 spiro atoms. The second-order valence-corrected chi connectivity index (χ2v) is 11.6. The van der Waals surface area contributed by atoms with Crippen LogP contribution < -0.4 is 0 Å². The van der Waals surface area contributed by atoms with Gasteiger partial charge in [-0.1, -0.05) is 0 Å². The van der Waals surface area contributed by atoms with Crippen LogP contribution in [0.15, 0.2) is 34.4 Å². The van der Waals surface area contributed by atoms with Gasteiger partial charge in [0.05, 0.1) is 0 Å². The van der Waals surface area contributed by atoms with Crippen molar-refractivity contribution in [3.63, 3.8) is 0 Å². The second-order valence-electron chi connectivity index (χ2n) is 6.96. The van der Waals surface area contributed by atoms with Crippen molar-refractivity contribution in [2.45, 2.75) is 82.0 Å². The molecule has 0 saturated heterocycles. The third-order valence-electron chi connectivity index (χ3n) is 4.86. The Bertz CT molecular complexity index is 500. The molecular weight excluding hydrogens is 415 g/mol. The van der Waals surface area contributed by atoms with Crippen LogP contribution in [0.2, 0.25) is 3.43 Å². The summed E-state index contributed by atoms with van der Waals surface area (Å²) >= 11 is -0.955. The van der Waals surface area contributed by atoms with Gasteiger partial charge in [-0.05, 0) is 0 Å². The molecule has 1 N–H and O–H groups in total. The van der Waals surface area contributed by atoms with Crippen LogP contribution in [0.3, 0.4) is 0 Å². The van der Waals surface area contributed by atoms with Gasteiger partial charge in [-0.15, -0.1) is 0 Å². The summed E-state index contributed by atoms with van der Waals surface area (Å²) in [6.07, 6.45) is 11.4. The topological polar surface area (TPSA) is 37.3 Å². The first-order valence-electron chi connectivity index (χ1n) is 9.85. The Hall–Kier alpha value is -0.771. The third kappa shape index (κ3) is 7.98. The van der Waals surface area contributed by atoms with Crippen LogP contribution in [-0.2, 0) is 4.79 Å². The van der Waals surface area contributed by atoms with Crippen LogP contribution in [0.5, 0.6) is 0 Å². The first kappa shape index (κ1) is 22.3. The molecule has 0 aliphatic rings. The molecule has 0 fully saturated rings. The zero-order chi connectivity index (χ0) is 18.5. The predicted octanol–water partition coefficient (Wildman–Crippen LogP) is 6.55. The van der Waals surface area contributed by atoms with Crippen molar-refractivity contribution in [1.29, 1.82) is 0 Å². The number of rotatable bonds is 13. The second kappa shape index (κ2) is 12.6. The molecule has 3 heteroatoms. The van der Waals surface area contributed by atoms with E-state index >= 15 is 0 Å².